The first-order valence-corrected chi connectivity index (χ1v) is 8.71. The molecule has 1 heterocycles. The van der Waals surface area contributed by atoms with E-state index in [-0.39, 0.29) is 11.9 Å². The SMILES string of the molecule is O=C(OC(C(=O)NC1CCCCC1)c1ccccn1)c1ccccc1. The molecule has 0 bridgehead atoms. The van der Waals surface area contributed by atoms with Crippen molar-refractivity contribution >= 4 is 11.9 Å². The fraction of sp³-hybridized carbons (Fsp3) is 0.350. The molecule has 5 nitrogen and oxygen atoms in total. The minimum atomic E-state index is -1.05. The standard InChI is InChI=1S/C20H22N2O3/c23-19(22-16-11-5-2-6-12-16)18(17-13-7-8-14-21-17)25-20(24)15-9-3-1-4-10-15/h1,3-4,7-10,13-14,16,18H,2,5-6,11-12H2,(H,22,23). The number of pyridine rings is 1. The van der Waals surface area contributed by atoms with Crippen LogP contribution >= 0.6 is 0 Å². The molecule has 1 saturated carbocycles. The van der Waals surface area contributed by atoms with Gasteiger partial charge in [-0.1, -0.05) is 43.5 Å². The molecule has 1 amide bonds. The van der Waals surface area contributed by atoms with Crippen molar-refractivity contribution in [1.29, 1.82) is 0 Å². The summed E-state index contributed by atoms with van der Waals surface area (Å²) >= 11 is 0. The number of benzene rings is 1. The number of rotatable bonds is 5. The Bertz CT molecular complexity index is 697. The molecule has 25 heavy (non-hydrogen) atoms. The van der Waals surface area contributed by atoms with Crippen LogP contribution in [0.3, 0.4) is 0 Å². The average molecular weight is 338 g/mol. The van der Waals surface area contributed by atoms with Crippen molar-refractivity contribution in [3.05, 3.63) is 66.0 Å². The van der Waals surface area contributed by atoms with E-state index in [2.05, 4.69) is 10.3 Å². The fourth-order valence-corrected chi connectivity index (χ4v) is 3.05. The molecule has 1 fully saturated rings. The minimum absolute atomic E-state index is 0.142. The van der Waals surface area contributed by atoms with Gasteiger partial charge >= 0.3 is 5.97 Å². The lowest BCUT2D eigenvalue weighted by Crippen LogP contribution is -2.40. The summed E-state index contributed by atoms with van der Waals surface area (Å²) in [6.45, 7) is 0. The van der Waals surface area contributed by atoms with Gasteiger partial charge in [0.25, 0.3) is 5.91 Å². The summed E-state index contributed by atoms with van der Waals surface area (Å²) in [6, 6.07) is 14.0. The predicted molar refractivity (Wildman–Crippen MR) is 93.9 cm³/mol. The van der Waals surface area contributed by atoms with Gasteiger partial charge in [0.2, 0.25) is 6.10 Å². The van der Waals surface area contributed by atoms with Gasteiger partial charge in [-0.2, -0.15) is 0 Å². The normalized spacial score (nSPS) is 16.0. The van der Waals surface area contributed by atoms with E-state index in [0.717, 1.165) is 25.7 Å². The van der Waals surface area contributed by atoms with Crippen molar-refractivity contribution in [2.24, 2.45) is 0 Å². The first-order valence-electron chi connectivity index (χ1n) is 8.71. The average Bonchev–Trinajstić information content (AvgIpc) is 2.68. The van der Waals surface area contributed by atoms with E-state index in [0.29, 0.717) is 11.3 Å². The molecule has 130 valence electrons. The maximum Gasteiger partial charge on any atom is 0.339 e. The number of ether oxygens (including phenoxy) is 1. The van der Waals surface area contributed by atoms with Gasteiger partial charge in [0.05, 0.1) is 11.3 Å². The number of esters is 1. The fourth-order valence-electron chi connectivity index (χ4n) is 3.05. The molecule has 0 spiro atoms. The van der Waals surface area contributed by atoms with Crippen LogP contribution in [0.25, 0.3) is 0 Å². The first-order chi connectivity index (χ1) is 12.2. The zero-order valence-corrected chi connectivity index (χ0v) is 14.1. The van der Waals surface area contributed by atoms with E-state index < -0.39 is 12.1 Å². The maximum absolute atomic E-state index is 12.8. The van der Waals surface area contributed by atoms with Gasteiger partial charge in [0.1, 0.15) is 0 Å². The van der Waals surface area contributed by atoms with Crippen LogP contribution in [-0.2, 0) is 9.53 Å². The highest BCUT2D eigenvalue weighted by molar-refractivity contribution is 5.92. The van der Waals surface area contributed by atoms with Gasteiger partial charge in [-0.15, -0.1) is 0 Å². The molecular weight excluding hydrogens is 316 g/mol. The van der Waals surface area contributed by atoms with Crippen LogP contribution in [0.4, 0.5) is 0 Å². The zero-order valence-electron chi connectivity index (χ0n) is 14.1. The van der Waals surface area contributed by atoms with Crippen molar-refractivity contribution < 1.29 is 14.3 Å². The van der Waals surface area contributed by atoms with Gasteiger partial charge in [0, 0.05) is 12.2 Å². The third-order valence-electron chi connectivity index (χ3n) is 4.38. The summed E-state index contributed by atoms with van der Waals surface area (Å²) < 4.78 is 5.51. The van der Waals surface area contributed by atoms with Crippen molar-refractivity contribution in [3.63, 3.8) is 0 Å². The molecule has 1 atom stereocenters. The topological polar surface area (TPSA) is 68.3 Å². The van der Waals surface area contributed by atoms with Crippen molar-refractivity contribution in [2.75, 3.05) is 0 Å². The number of amides is 1. The molecule has 3 rings (SSSR count). The van der Waals surface area contributed by atoms with Crippen LogP contribution < -0.4 is 5.32 Å². The summed E-state index contributed by atoms with van der Waals surface area (Å²) in [5.74, 6) is -0.843. The molecular formula is C20H22N2O3. The molecule has 0 saturated heterocycles. The van der Waals surface area contributed by atoms with Crippen molar-refractivity contribution in [3.8, 4) is 0 Å². The quantitative estimate of drug-likeness (QED) is 0.848. The second-order valence-corrected chi connectivity index (χ2v) is 6.25. The Morgan fingerprint density at radius 1 is 1.00 bits per heavy atom. The second kappa shape index (κ2) is 8.42. The Kier molecular flexibility index (Phi) is 5.77. The third kappa shape index (κ3) is 4.66. The number of nitrogens with one attached hydrogen (secondary N) is 1. The Hall–Kier alpha value is -2.69. The lowest BCUT2D eigenvalue weighted by molar-refractivity contribution is -0.131. The number of hydrogen-bond donors (Lipinski definition) is 1. The molecule has 1 N–H and O–H groups in total. The van der Waals surface area contributed by atoms with Crippen molar-refractivity contribution in [2.45, 2.75) is 44.2 Å². The largest absolute Gasteiger partial charge is 0.442 e. The molecule has 1 aromatic carbocycles. The molecule has 0 aliphatic heterocycles. The highest BCUT2D eigenvalue weighted by Gasteiger charge is 2.29. The summed E-state index contributed by atoms with van der Waals surface area (Å²) in [6.07, 6.45) is 5.91. The molecule has 1 aromatic heterocycles. The summed E-state index contributed by atoms with van der Waals surface area (Å²) in [7, 11) is 0. The van der Waals surface area contributed by atoms with E-state index in [1.54, 1.807) is 48.7 Å². The molecule has 5 heteroatoms. The molecule has 1 aliphatic carbocycles. The maximum atomic E-state index is 12.8. The number of carbonyl (C=O) groups is 2. The number of hydrogen-bond acceptors (Lipinski definition) is 4. The Labute approximate surface area is 147 Å². The van der Waals surface area contributed by atoms with Gasteiger partial charge in [0.15, 0.2) is 0 Å². The van der Waals surface area contributed by atoms with Crippen molar-refractivity contribution in [1.82, 2.24) is 10.3 Å². The summed E-state index contributed by atoms with van der Waals surface area (Å²) in [4.78, 5) is 29.3. The number of carbonyl (C=O) groups excluding carboxylic acids is 2. The van der Waals surface area contributed by atoms with Crippen LogP contribution in [0, 0.1) is 0 Å². The summed E-state index contributed by atoms with van der Waals surface area (Å²) in [5.41, 5.74) is 0.842. The molecule has 2 aromatic rings. The van der Waals surface area contributed by atoms with Crippen LogP contribution in [-0.4, -0.2) is 22.9 Å². The van der Waals surface area contributed by atoms with Crippen LogP contribution in [0.1, 0.15) is 54.3 Å². The number of nitrogens with zero attached hydrogens (tertiary/aromatic N) is 1. The highest BCUT2D eigenvalue weighted by Crippen LogP contribution is 2.21. The van der Waals surface area contributed by atoms with Gasteiger partial charge in [-0.3, -0.25) is 9.78 Å². The highest BCUT2D eigenvalue weighted by atomic mass is 16.5. The smallest absolute Gasteiger partial charge is 0.339 e. The molecule has 1 unspecified atom stereocenters. The van der Waals surface area contributed by atoms with E-state index in [4.69, 9.17) is 4.74 Å². The van der Waals surface area contributed by atoms with Crippen LogP contribution in [0.15, 0.2) is 54.7 Å². The third-order valence-corrected chi connectivity index (χ3v) is 4.38. The van der Waals surface area contributed by atoms with E-state index >= 15 is 0 Å². The predicted octanol–water partition coefficient (Wildman–Crippen LogP) is 3.43. The van der Waals surface area contributed by atoms with Gasteiger partial charge < -0.3 is 10.1 Å². The summed E-state index contributed by atoms with van der Waals surface area (Å²) in [5, 5.41) is 3.02. The molecule has 1 aliphatic rings. The first kappa shape index (κ1) is 17.1. The van der Waals surface area contributed by atoms with Gasteiger partial charge in [-0.05, 0) is 37.1 Å². The zero-order chi connectivity index (χ0) is 17.5. The Balaban J connectivity index is 1.75. The molecule has 0 radical (unpaired) electrons. The lowest BCUT2D eigenvalue weighted by atomic mass is 9.95. The minimum Gasteiger partial charge on any atom is -0.442 e. The van der Waals surface area contributed by atoms with Gasteiger partial charge in [-0.25, -0.2) is 4.79 Å². The lowest BCUT2D eigenvalue weighted by Gasteiger charge is -2.25. The van der Waals surface area contributed by atoms with Crippen LogP contribution in [0.5, 0.6) is 0 Å². The number of aromatic nitrogens is 1. The second-order valence-electron chi connectivity index (χ2n) is 6.25. The van der Waals surface area contributed by atoms with Crippen LogP contribution in [0.2, 0.25) is 0 Å². The monoisotopic (exact) mass is 338 g/mol. The van der Waals surface area contributed by atoms with E-state index in [9.17, 15) is 9.59 Å². The van der Waals surface area contributed by atoms with E-state index in [1.807, 2.05) is 6.07 Å². The Morgan fingerprint density at radius 2 is 1.72 bits per heavy atom. The van der Waals surface area contributed by atoms with E-state index in [1.165, 1.54) is 6.42 Å². The Morgan fingerprint density at radius 3 is 2.40 bits per heavy atom.